The SMILES string of the molecule is CC(C(=O)Nc1ncccn1)N(C)Cc1cn(-c2ccccc2)nc1-c1ccc(Cl)cc1. The molecule has 4 aromatic rings. The van der Waals surface area contributed by atoms with Crippen LogP contribution in [0.2, 0.25) is 5.02 Å². The average molecular weight is 447 g/mol. The normalized spacial score (nSPS) is 12.0. The fourth-order valence-corrected chi connectivity index (χ4v) is 3.40. The van der Waals surface area contributed by atoms with Crippen LogP contribution in [0.4, 0.5) is 5.95 Å². The standard InChI is InChI=1S/C24H23ClN6O/c1-17(23(32)28-24-26-13-6-14-27-24)30(2)15-19-16-31(21-7-4-3-5-8-21)29-22(19)18-9-11-20(25)12-10-18/h3-14,16-17H,15H2,1-2H3,(H,26,27,28,32). The number of hydrogen-bond acceptors (Lipinski definition) is 5. The molecule has 1 atom stereocenters. The average Bonchev–Trinajstić information content (AvgIpc) is 3.24. The van der Waals surface area contributed by atoms with Crippen molar-refractivity contribution in [1.29, 1.82) is 0 Å². The Kier molecular flexibility index (Phi) is 6.58. The smallest absolute Gasteiger partial charge is 0.243 e. The van der Waals surface area contributed by atoms with Gasteiger partial charge in [0.25, 0.3) is 0 Å². The van der Waals surface area contributed by atoms with Gasteiger partial charge in [0.15, 0.2) is 0 Å². The molecule has 1 unspecified atom stereocenters. The highest BCUT2D eigenvalue weighted by molar-refractivity contribution is 6.30. The highest BCUT2D eigenvalue weighted by Gasteiger charge is 2.22. The summed E-state index contributed by atoms with van der Waals surface area (Å²) < 4.78 is 1.86. The number of nitrogens with one attached hydrogen (secondary N) is 1. The first-order chi connectivity index (χ1) is 15.5. The first-order valence-corrected chi connectivity index (χ1v) is 10.6. The third-order valence-corrected chi connectivity index (χ3v) is 5.44. The van der Waals surface area contributed by atoms with E-state index in [4.69, 9.17) is 16.7 Å². The van der Waals surface area contributed by atoms with Gasteiger partial charge >= 0.3 is 0 Å². The Labute approximate surface area is 191 Å². The highest BCUT2D eigenvalue weighted by atomic mass is 35.5. The van der Waals surface area contributed by atoms with Crippen LogP contribution in [0.5, 0.6) is 0 Å². The van der Waals surface area contributed by atoms with Gasteiger partial charge in [-0.05, 0) is 44.3 Å². The predicted octanol–water partition coefficient (Wildman–Crippen LogP) is 4.44. The zero-order valence-electron chi connectivity index (χ0n) is 17.8. The number of para-hydroxylation sites is 1. The van der Waals surface area contributed by atoms with Crippen molar-refractivity contribution in [2.45, 2.75) is 19.5 Å². The molecule has 0 spiro atoms. The Balaban J connectivity index is 1.59. The van der Waals surface area contributed by atoms with E-state index in [1.54, 1.807) is 18.5 Å². The van der Waals surface area contributed by atoms with Crippen LogP contribution >= 0.6 is 11.6 Å². The molecule has 2 aromatic heterocycles. The molecule has 0 radical (unpaired) electrons. The summed E-state index contributed by atoms with van der Waals surface area (Å²) >= 11 is 6.08. The molecule has 0 saturated heterocycles. The molecule has 2 aromatic carbocycles. The van der Waals surface area contributed by atoms with Gasteiger partial charge in [0.1, 0.15) is 0 Å². The van der Waals surface area contributed by atoms with E-state index in [1.165, 1.54) is 0 Å². The van der Waals surface area contributed by atoms with E-state index in [9.17, 15) is 4.79 Å². The van der Waals surface area contributed by atoms with Crippen LogP contribution in [0, 0.1) is 0 Å². The maximum absolute atomic E-state index is 12.7. The number of rotatable bonds is 7. The number of carbonyl (C=O) groups is 1. The van der Waals surface area contributed by atoms with Crippen molar-refractivity contribution >= 4 is 23.5 Å². The summed E-state index contributed by atoms with van der Waals surface area (Å²) in [6, 6.07) is 18.8. The predicted molar refractivity (Wildman–Crippen MR) is 126 cm³/mol. The lowest BCUT2D eigenvalue weighted by molar-refractivity contribution is -0.120. The van der Waals surface area contributed by atoms with E-state index >= 15 is 0 Å². The quantitative estimate of drug-likeness (QED) is 0.454. The van der Waals surface area contributed by atoms with Gasteiger partial charge in [-0.15, -0.1) is 0 Å². The van der Waals surface area contributed by atoms with Gasteiger partial charge in [0, 0.05) is 41.3 Å². The molecule has 8 heteroatoms. The molecular formula is C24H23ClN6O. The molecule has 0 aliphatic heterocycles. The maximum atomic E-state index is 12.7. The van der Waals surface area contributed by atoms with Gasteiger partial charge in [0.2, 0.25) is 11.9 Å². The minimum Gasteiger partial charge on any atom is -0.293 e. The monoisotopic (exact) mass is 446 g/mol. The Morgan fingerprint density at radius 3 is 2.44 bits per heavy atom. The molecule has 4 rings (SSSR count). The number of anilines is 1. The molecule has 1 amide bonds. The van der Waals surface area contributed by atoms with Gasteiger partial charge in [-0.25, -0.2) is 14.6 Å². The van der Waals surface area contributed by atoms with Crippen molar-refractivity contribution in [3.8, 4) is 16.9 Å². The fraction of sp³-hybridized carbons (Fsp3) is 0.167. The van der Waals surface area contributed by atoms with Crippen LogP contribution in [-0.4, -0.2) is 43.6 Å². The van der Waals surface area contributed by atoms with E-state index in [-0.39, 0.29) is 11.9 Å². The first-order valence-electron chi connectivity index (χ1n) is 10.2. The molecule has 2 heterocycles. The lowest BCUT2D eigenvalue weighted by atomic mass is 10.1. The fourth-order valence-electron chi connectivity index (χ4n) is 3.27. The van der Waals surface area contributed by atoms with Crippen LogP contribution < -0.4 is 5.32 Å². The molecule has 0 aliphatic carbocycles. The zero-order valence-corrected chi connectivity index (χ0v) is 18.6. The number of likely N-dealkylation sites (N-methyl/N-ethyl adjacent to an activating group) is 1. The zero-order chi connectivity index (χ0) is 22.5. The van der Waals surface area contributed by atoms with Crippen molar-refractivity contribution in [3.05, 3.63) is 89.8 Å². The summed E-state index contributed by atoms with van der Waals surface area (Å²) in [6.07, 6.45) is 5.18. The van der Waals surface area contributed by atoms with Crippen LogP contribution in [-0.2, 0) is 11.3 Å². The Morgan fingerprint density at radius 2 is 1.75 bits per heavy atom. The largest absolute Gasteiger partial charge is 0.293 e. The summed E-state index contributed by atoms with van der Waals surface area (Å²) in [6.45, 7) is 2.37. The van der Waals surface area contributed by atoms with Gasteiger partial charge in [-0.3, -0.25) is 15.0 Å². The maximum Gasteiger partial charge on any atom is 0.243 e. The minimum absolute atomic E-state index is 0.179. The molecule has 0 fully saturated rings. The van der Waals surface area contributed by atoms with E-state index in [0.717, 1.165) is 22.5 Å². The minimum atomic E-state index is -0.406. The van der Waals surface area contributed by atoms with Crippen molar-refractivity contribution in [2.24, 2.45) is 0 Å². The van der Waals surface area contributed by atoms with E-state index < -0.39 is 6.04 Å². The third kappa shape index (κ3) is 5.01. The number of benzene rings is 2. The summed E-state index contributed by atoms with van der Waals surface area (Å²) in [5.74, 6) is 0.110. The topological polar surface area (TPSA) is 75.9 Å². The number of halogens is 1. The summed E-state index contributed by atoms with van der Waals surface area (Å²) in [4.78, 5) is 22.8. The molecule has 32 heavy (non-hydrogen) atoms. The number of aromatic nitrogens is 4. The second kappa shape index (κ2) is 9.72. The molecular weight excluding hydrogens is 424 g/mol. The van der Waals surface area contributed by atoms with E-state index in [2.05, 4.69) is 15.3 Å². The second-order valence-electron chi connectivity index (χ2n) is 7.44. The second-order valence-corrected chi connectivity index (χ2v) is 7.88. The van der Waals surface area contributed by atoms with Crippen molar-refractivity contribution in [2.75, 3.05) is 12.4 Å². The Bertz CT molecular complexity index is 1180. The van der Waals surface area contributed by atoms with Crippen molar-refractivity contribution in [1.82, 2.24) is 24.6 Å². The van der Waals surface area contributed by atoms with E-state index in [1.807, 2.05) is 84.3 Å². The number of carbonyl (C=O) groups excluding carboxylic acids is 1. The molecule has 7 nitrogen and oxygen atoms in total. The molecule has 0 bridgehead atoms. The number of nitrogens with zero attached hydrogens (tertiary/aromatic N) is 5. The number of amides is 1. The first kappa shape index (κ1) is 21.7. The van der Waals surface area contributed by atoms with Gasteiger partial charge in [0.05, 0.1) is 17.4 Å². The van der Waals surface area contributed by atoms with Crippen LogP contribution in [0.1, 0.15) is 12.5 Å². The molecule has 0 saturated carbocycles. The van der Waals surface area contributed by atoms with Gasteiger partial charge in [-0.1, -0.05) is 41.9 Å². The summed E-state index contributed by atoms with van der Waals surface area (Å²) in [5, 5.41) is 8.26. The molecule has 0 aliphatic rings. The van der Waals surface area contributed by atoms with Crippen molar-refractivity contribution in [3.63, 3.8) is 0 Å². The lowest BCUT2D eigenvalue weighted by Gasteiger charge is -2.23. The molecule has 162 valence electrons. The van der Waals surface area contributed by atoms with Crippen molar-refractivity contribution < 1.29 is 4.79 Å². The summed E-state index contributed by atoms with van der Waals surface area (Å²) in [5.41, 5.74) is 3.76. The van der Waals surface area contributed by atoms with Crippen LogP contribution in [0.3, 0.4) is 0 Å². The van der Waals surface area contributed by atoms with Gasteiger partial charge in [-0.2, -0.15) is 5.10 Å². The van der Waals surface area contributed by atoms with Gasteiger partial charge < -0.3 is 0 Å². The Hall–Kier alpha value is -3.55. The Morgan fingerprint density at radius 1 is 1.06 bits per heavy atom. The van der Waals surface area contributed by atoms with E-state index in [0.29, 0.717) is 11.6 Å². The van der Waals surface area contributed by atoms with Crippen LogP contribution in [0.15, 0.2) is 79.3 Å². The lowest BCUT2D eigenvalue weighted by Crippen LogP contribution is -2.39. The summed E-state index contributed by atoms with van der Waals surface area (Å²) in [7, 11) is 1.90. The highest BCUT2D eigenvalue weighted by Crippen LogP contribution is 2.26. The third-order valence-electron chi connectivity index (χ3n) is 5.19. The number of hydrogen-bond donors (Lipinski definition) is 1. The van der Waals surface area contributed by atoms with Crippen LogP contribution in [0.25, 0.3) is 16.9 Å². The molecule has 1 N–H and O–H groups in total.